The molecule has 0 unspecified atom stereocenters. The molecule has 0 bridgehead atoms. The van der Waals surface area contributed by atoms with Gasteiger partial charge in [0, 0.05) is 11.4 Å². The molecule has 0 aliphatic heterocycles. The third-order valence-corrected chi connectivity index (χ3v) is 3.45. The summed E-state index contributed by atoms with van der Waals surface area (Å²) in [5.74, 6) is 0.729. The maximum Gasteiger partial charge on any atom is 0.231 e. The first-order valence-electron chi connectivity index (χ1n) is 5.50. The molecular formula is C12H12ClN3O2S. The highest BCUT2D eigenvalue weighted by molar-refractivity contribution is 7.09. The van der Waals surface area contributed by atoms with Crippen LogP contribution >= 0.6 is 22.9 Å². The predicted molar refractivity (Wildman–Crippen MR) is 74.8 cm³/mol. The minimum Gasteiger partial charge on any atom is -0.481 e. The number of methoxy groups -OCH3 is 1. The highest BCUT2D eigenvalue weighted by atomic mass is 35.5. The Hall–Kier alpha value is -1.66. The fourth-order valence-electron chi connectivity index (χ4n) is 1.41. The van der Waals surface area contributed by atoms with Gasteiger partial charge in [0.15, 0.2) is 0 Å². The molecule has 0 saturated heterocycles. The second-order valence-electron chi connectivity index (χ2n) is 3.68. The highest BCUT2D eigenvalue weighted by Crippen LogP contribution is 2.14. The molecule has 0 atom stereocenters. The van der Waals surface area contributed by atoms with E-state index in [1.165, 1.54) is 18.4 Å². The van der Waals surface area contributed by atoms with Crippen molar-refractivity contribution in [3.63, 3.8) is 0 Å². The van der Waals surface area contributed by atoms with E-state index in [1.54, 1.807) is 18.3 Å². The summed E-state index contributed by atoms with van der Waals surface area (Å²) in [6, 6.07) is 3.42. The lowest BCUT2D eigenvalue weighted by atomic mass is 10.3. The van der Waals surface area contributed by atoms with Gasteiger partial charge in [0.1, 0.15) is 5.01 Å². The summed E-state index contributed by atoms with van der Waals surface area (Å²) in [4.78, 5) is 20.0. The van der Waals surface area contributed by atoms with E-state index in [0.29, 0.717) is 17.4 Å². The molecule has 5 nitrogen and oxygen atoms in total. The molecule has 0 fully saturated rings. The van der Waals surface area contributed by atoms with Crippen molar-refractivity contribution in [3.05, 3.63) is 34.4 Å². The Labute approximate surface area is 119 Å². The van der Waals surface area contributed by atoms with Crippen LogP contribution in [0.25, 0.3) is 0 Å². The number of halogens is 1. The first-order valence-corrected chi connectivity index (χ1v) is 6.92. The molecule has 7 heteroatoms. The van der Waals surface area contributed by atoms with Crippen molar-refractivity contribution in [1.29, 1.82) is 0 Å². The number of alkyl halides is 1. The van der Waals surface area contributed by atoms with Gasteiger partial charge in [-0.2, -0.15) is 0 Å². The largest absolute Gasteiger partial charge is 0.481 e. The van der Waals surface area contributed by atoms with Gasteiger partial charge in [0.05, 0.1) is 37.0 Å². The normalized spacial score (nSPS) is 10.2. The molecule has 2 aromatic heterocycles. The molecule has 2 heterocycles. The van der Waals surface area contributed by atoms with E-state index in [9.17, 15) is 4.79 Å². The lowest BCUT2D eigenvalue weighted by molar-refractivity contribution is -0.115. The van der Waals surface area contributed by atoms with Crippen LogP contribution in [0.5, 0.6) is 5.88 Å². The first kappa shape index (κ1) is 13.8. The number of thiazole rings is 1. The van der Waals surface area contributed by atoms with Crippen molar-refractivity contribution < 1.29 is 9.53 Å². The van der Waals surface area contributed by atoms with Gasteiger partial charge in [-0.05, 0) is 6.07 Å². The number of carbonyl (C=O) groups is 1. The molecule has 0 aliphatic carbocycles. The standard InChI is InChI=1S/C12H12ClN3O2S/c1-18-11-3-2-8(6-14-11)15-10(17)4-12-16-9(5-13)7-19-12/h2-3,6-7H,4-5H2,1H3,(H,15,17). The van der Waals surface area contributed by atoms with Gasteiger partial charge < -0.3 is 10.1 Å². The molecule has 1 amide bonds. The lowest BCUT2D eigenvalue weighted by Crippen LogP contribution is -2.14. The number of nitrogens with one attached hydrogen (secondary N) is 1. The minimum atomic E-state index is -0.137. The van der Waals surface area contributed by atoms with Crippen LogP contribution < -0.4 is 10.1 Å². The zero-order chi connectivity index (χ0) is 13.7. The van der Waals surface area contributed by atoms with E-state index in [1.807, 2.05) is 5.38 Å². The van der Waals surface area contributed by atoms with Crippen molar-refractivity contribution in [3.8, 4) is 5.88 Å². The molecule has 1 N–H and O–H groups in total. The Morgan fingerprint density at radius 2 is 2.37 bits per heavy atom. The SMILES string of the molecule is COc1ccc(NC(=O)Cc2nc(CCl)cs2)cn1. The van der Waals surface area contributed by atoms with Gasteiger partial charge in [-0.25, -0.2) is 9.97 Å². The Morgan fingerprint density at radius 3 is 2.95 bits per heavy atom. The summed E-state index contributed by atoms with van der Waals surface area (Å²) >= 11 is 7.09. The molecule has 19 heavy (non-hydrogen) atoms. The van der Waals surface area contributed by atoms with Gasteiger partial charge in [0.2, 0.25) is 11.8 Å². The smallest absolute Gasteiger partial charge is 0.231 e. The number of pyridine rings is 1. The molecule has 0 spiro atoms. The van der Waals surface area contributed by atoms with Gasteiger partial charge in [-0.15, -0.1) is 22.9 Å². The highest BCUT2D eigenvalue weighted by Gasteiger charge is 2.08. The maximum atomic E-state index is 11.8. The summed E-state index contributed by atoms with van der Waals surface area (Å²) in [5, 5.41) is 5.34. The number of aromatic nitrogens is 2. The zero-order valence-electron chi connectivity index (χ0n) is 10.2. The molecular weight excluding hydrogens is 286 g/mol. The summed E-state index contributed by atoms with van der Waals surface area (Å²) in [6.45, 7) is 0. The molecule has 0 radical (unpaired) electrons. The third-order valence-electron chi connectivity index (χ3n) is 2.28. The number of rotatable bonds is 5. The molecule has 100 valence electrons. The number of amides is 1. The van der Waals surface area contributed by atoms with Crippen molar-refractivity contribution in [1.82, 2.24) is 9.97 Å². The van der Waals surface area contributed by atoms with Crippen molar-refractivity contribution >= 4 is 34.5 Å². The van der Waals surface area contributed by atoms with Crippen molar-refractivity contribution in [2.45, 2.75) is 12.3 Å². The van der Waals surface area contributed by atoms with Gasteiger partial charge in [-0.3, -0.25) is 4.79 Å². The molecule has 0 aromatic carbocycles. The molecule has 0 aliphatic rings. The molecule has 0 saturated carbocycles. The van der Waals surface area contributed by atoms with E-state index in [4.69, 9.17) is 16.3 Å². The first-order chi connectivity index (χ1) is 9.21. The van der Waals surface area contributed by atoms with Gasteiger partial charge in [0.25, 0.3) is 0 Å². The predicted octanol–water partition coefficient (Wildman–Crippen LogP) is 2.47. The number of hydrogen-bond donors (Lipinski definition) is 1. The summed E-state index contributed by atoms with van der Waals surface area (Å²) in [6.07, 6.45) is 1.77. The van der Waals surface area contributed by atoms with Crippen LogP contribution in [0.2, 0.25) is 0 Å². The Kier molecular flexibility index (Phi) is 4.70. The second kappa shape index (κ2) is 6.49. The Morgan fingerprint density at radius 1 is 1.53 bits per heavy atom. The minimum absolute atomic E-state index is 0.137. The topological polar surface area (TPSA) is 64.1 Å². The monoisotopic (exact) mass is 297 g/mol. The van der Waals surface area contributed by atoms with Gasteiger partial charge >= 0.3 is 0 Å². The van der Waals surface area contributed by atoms with Crippen LogP contribution in [0.15, 0.2) is 23.7 Å². The fraction of sp³-hybridized carbons (Fsp3) is 0.250. The quantitative estimate of drug-likeness (QED) is 0.861. The van der Waals surface area contributed by atoms with E-state index in [2.05, 4.69) is 15.3 Å². The number of carbonyl (C=O) groups excluding carboxylic acids is 1. The number of hydrogen-bond acceptors (Lipinski definition) is 5. The Balaban J connectivity index is 1.93. The number of nitrogens with zero attached hydrogens (tertiary/aromatic N) is 2. The Bertz CT molecular complexity index is 556. The average Bonchev–Trinajstić information content (AvgIpc) is 2.87. The van der Waals surface area contributed by atoms with Crippen LogP contribution in [0, 0.1) is 0 Å². The number of anilines is 1. The maximum absolute atomic E-state index is 11.8. The number of ether oxygens (including phenoxy) is 1. The fourth-order valence-corrected chi connectivity index (χ4v) is 2.43. The second-order valence-corrected chi connectivity index (χ2v) is 4.89. The van der Waals surface area contributed by atoms with Crippen LogP contribution in [0.4, 0.5) is 5.69 Å². The van der Waals surface area contributed by atoms with E-state index in [-0.39, 0.29) is 12.3 Å². The van der Waals surface area contributed by atoms with Crippen LogP contribution in [-0.4, -0.2) is 23.0 Å². The van der Waals surface area contributed by atoms with E-state index < -0.39 is 0 Å². The molecule has 2 rings (SSSR count). The summed E-state index contributed by atoms with van der Waals surface area (Å²) < 4.78 is 4.94. The van der Waals surface area contributed by atoms with Crippen LogP contribution in [0.3, 0.4) is 0 Å². The van der Waals surface area contributed by atoms with E-state index in [0.717, 1.165) is 10.7 Å². The average molecular weight is 298 g/mol. The third kappa shape index (κ3) is 3.90. The van der Waals surface area contributed by atoms with Crippen molar-refractivity contribution in [2.24, 2.45) is 0 Å². The summed E-state index contributed by atoms with van der Waals surface area (Å²) in [7, 11) is 1.54. The lowest BCUT2D eigenvalue weighted by Gasteiger charge is -2.04. The van der Waals surface area contributed by atoms with E-state index >= 15 is 0 Å². The van der Waals surface area contributed by atoms with Crippen LogP contribution in [-0.2, 0) is 17.1 Å². The molecule has 2 aromatic rings. The summed E-state index contributed by atoms with van der Waals surface area (Å²) in [5.41, 5.74) is 1.42. The zero-order valence-corrected chi connectivity index (χ0v) is 11.8. The van der Waals surface area contributed by atoms with Crippen LogP contribution in [0.1, 0.15) is 10.7 Å². The van der Waals surface area contributed by atoms with Crippen molar-refractivity contribution in [2.75, 3.05) is 12.4 Å². The van der Waals surface area contributed by atoms with Gasteiger partial charge in [-0.1, -0.05) is 0 Å².